The van der Waals surface area contributed by atoms with Crippen molar-refractivity contribution in [3.05, 3.63) is 100 Å². The number of amides is 2. The number of nitrogens with one attached hydrogen (secondary N) is 1. The van der Waals surface area contributed by atoms with Gasteiger partial charge < -0.3 is 10.2 Å². The summed E-state index contributed by atoms with van der Waals surface area (Å²) in [5.74, 6) is -0.413. The highest BCUT2D eigenvalue weighted by atomic mass is 35.5. The average Bonchev–Trinajstić information content (AvgIpc) is 3.12. The maximum Gasteiger partial charge on any atom is 0.259 e. The maximum atomic E-state index is 13.6. The van der Waals surface area contributed by atoms with E-state index in [0.29, 0.717) is 29.8 Å². The first kappa shape index (κ1) is 21.9. The summed E-state index contributed by atoms with van der Waals surface area (Å²) in [5, 5.41) is 7.77. The van der Waals surface area contributed by atoms with Crippen LogP contribution in [0.4, 0.5) is 11.4 Å². The molecule has 0 fully saturated rings. The van der Waals surface area contributed by atoms with Crippen LogP contribution < -0.4 is 10.2 Å². The Balaban J connectivity index is 1.43. The van der Waals surface area contributed by atoms with Crippen LogP contribution in [0, 0.1) is 6.92 Å². The Kier molecular flexibility index (Phi) is 5.67. The number of anilines is 2. The molecule has 6 nitrogen and oxygen atoms in total. The summed E-state index contributed by atoms with van der Waals surface area (Å²) < 4.78 is 1.81. The van der Waals surface area contributed by atoms with E-state index in [1.54, 1.807) is 33.8 Å². The molecular weight excluding hydrogens is 448 g/mol. The van der Waals surface area contributed by atoms with Gasteiger partial charge in [0.2, 0.25) is 0 Å². The molecule has 0 radical (unpaired) electrons. The Morgan fingerprint density at radius 3 is 2.56 bits per heavy atom. The molecule has 2 amide bonds. The lowest BCUT2D eigenvalue weighted by Crippen LogP contribution is -2.32. The van der Waals surface area contributed by atoms with Gasteiger partial charge in [0.05, 0.1) is 22.0 Å². The molecule has 1 aliphatic heterocycles. The number of benzene rings is 3. The van der Waals surface area contributed by atoms with Crippen molar-refractivity contribution < 1.29 is 9.59 Å². The Hall–Kier alpha value is -3.90. The third-order valence-corrected chi connectivity index (χ3v) is 6.36. The first-order chi connectivity index (χ1) is 16.4. The molecule has 1 N–H and O–H groups in total. The highest BCUT2D eigenvalue weighted by Crippen LogP contribution is 2.36. The molecule has 1 aliphatic rings. The zero-order valence-corrected chi connectivity index (χ0v) is 19.6. The van der Waals surface area contributed by atoms with E-state index in [0.717, 1.165) is 28.1 Å². The van der Waals surface area contributed by atoms with Gasteiger partial charge in [0.25, 0.3) is 11.8 Å². The normalized spacial score (nSPS) is 12.5. The van der Waals surface area contributed by atoms with Crippen molar-refractivity contribution in [3.8, 4) is 11.3 Å². The predicted molar refractivity (Wildman–Crippen MR) is 135 cm³/mol. The largest absolute Gasteiger partial charge is 0.322 e. The molecule has 0 spiro atoms. The van der Waals surface area contributed by atoms with Gasteiger partial charge in [-0.3, -0.25) is 14.3 Å². The van der Waals surface area contributed by atoms with Crippen molar-refractivity contribution >= 4 is 34.8 Å². The molecule has 0 aliphatic carbocycles. The number of halogens is 1. The second kappa shape index (κ2) is 8.80. The standard InChI is InChI=1S/C27H23ClN4O2/c1-17-7-3-4-8-20(17)26(33)29-19-11-12-21(23(28)15-19)27(34)32-14-13-18-16-31(2)30-25(18)22-9-5-6-10-24(22)32/h3-12,15-16H,13-14H2,1-2H3,(H,29,33). The summed E-state index contributed by atoms with van der Waals surface area (Å²) in [4.78, 5) is 28.0. The van der Waals surface area contributed by atoms with Gasteiger partial charge in [0.1, 0.15) is 0 Å². The monoisotopic (exact) mass is 470 g/mol. The minimum atomic E-state index is -0.222. The van der Waals surface area contributed by atoms with Gasteiger partial charge >= 0.3 is 0 Å². The van der Waals surface area contributed by atoms with Crippen LogP contribution in [-0.2, 0) is 13.5 Å². The summed E-state index contributed by atoms with van der Waals surface area (Å²) in [7, 11) is 1.90. The van der Waals surface area contributed by atoms with E-state index in [1.807, 2.05) is 62.6 Å². The van der Waals surface area contributed by atoms with Gasteiger partial charge in [-0.05, 0) is 54.8 Å². The van der Waals surface area contributed by atoms with E-state index in [-0.39, 0.29) is 16.8 Å². The van der Waals surface area contributed by atoms with Crippen LogP contribution in [0.1, 0.15) is 31.8 Å². The Morgan fingerprint density at radius 2 is 1.76 bits per heavy atom. The van der Waals surface area contributed by atoms with E-state index < -0.39 is 0 Å². The summed E-state index contributed by atoms with van der Waals surface area (Å²) in [6, 6.07) is 20.1. The quantitative estimate of drug-likeness (QED) is 0.429. The minimum Gasteiger partial charge on any atom is -0.322 e. The fourth-order valence-electron chi connectivity index (χ4n) is 4.36. The molecule has 170 valence electrons. The highest BCUT2D eigenvalue weighted by Gasteiger charge is 2.27. The number of fused-ring (bicyclic) bond motifs is 3. The molecule has 0 saturated carbocycles. The number of aryl methyl sites for hydroxylation is 2. The van der Waals surface area contributed by atoms with Crippen molar-refractivity contribution in [2.24, 2.45) is 7.05 Å². The molecule has 2 heterocycles. The molecule has 7 heteroatoms. The SMILES string of the molecule is Cc1ccccc1C(=O)Nc1ccc(C(=O)N2CCc3cn(C)nc3-c3ccccc32)c(Cl)c1. The van der Waals surface area contributed by atoms with Gasteiger partial charge in [0, 0.05) is 36.6 Å². The molecule has 0 bridgehead atoms. The fraction of sp³-hybridized carbons (Fsp3) is 0.148. The molecule has 4 aromatic rings. The lowest BCUT2D eigenvalue weighted by Gasteiger charge is -2.23. The number of hydrogen-bond acceptors (Lipinski definition) is 3. The third-order valence-electron chi connectivity index (χ3n) is 6.05. The Labute approximate surface area is 202 Å². The summed E-state index contributed by atoms with van der Waals surface area (Å²) in [5.41, 5.74) is 6.11. The number of carbonyl (C=O) groups is 2. The second-order valence-electron chi connectivity index (χ2n) is 8.36. The molecule has 34 heavy (non-hydrogen) atoms. The average molecular weight is 471 g/mol. The maximum absolute atomic E-state index is 13.6. The van der Waals surface area contributed by atoms with Crippen molar-refractivity contribution in [1.29, 1.82) is 0 Å². The van der Waals surface area contributed by atoms with Crippen LogP contribution in [0.5, 0.6) is 0 Å². The smallest absolute Gasteiger partial charge is 0.259 e. The summed E-state index contributed by atoms with van der Waals surface area (Å²) in [6.07, 6.45) is 2.69. The zero-order valence-electron chi connectivity index (χ0n) is 18.9. The van der Waals surface area contributed by atoms with E-state index in [9.17, 15) is 9.59 Å². The Morgan fingerprint density at radius 1 is 1.00 bits per heavy atom. The van der Waals surface area contributed by atoms with Crippen molar-refractivity contribution in [2.75, 3.05) is 16.8 Å². The highest BCUT2D eigenvalue weighted by molar-refractivity contribution is 6.35. The van der Waals surface area contributed by atoms with E-state index >= 15 is 0 Å². The lowest BCUT2D eigenvalue weighted by atomic mass is 10.1. The lowest BCUT2D eigenvalue weighted by molar-refractivity contribution is 0.0986. The fourth-order valence-corrected chi connectivity index (χ4v) is 4.62. The number of rotatable bonds is 3. The van der Waals surface area contributed by atoms with Crippen LogP contribution in [0.15, 0.2) is 72.9 Å². The number of carbonyl (C=O) groups excluding carboxylic acids is 2. The van der Waals surface area contributed by atoms with Gasteiger partial charge in [-0.15, -0.1) is 0 Å². The van der Waals surface area contributed by atoms with Gasteiger partial charge in [0.15, 0.2) is 0 Å². The molecule has 5 rings (SSSR count). The van der Waals surface area contributed by atoms with E-state index in [4.69, 9.17) is 11.6 Å². The van der Waals surface area contributed by atoms with Crippen molar-refractivity contribution in [2.45, 2.75) is 13.3 Å². The number of nitrogens with zero attached hydrogens (tertiary/aromatic N) is 3. The number of hydrogen-bond donors (Lipinski definition) is 1. The van der Waals surface area contributed by atoms with Gasteiger partial charge in [-0.2, -0.15) is 5.10 Å². The first-order valence-electron chi connectivity index (χ1n) is 11.0. The topological polar surface area (TPSA) is 67.2 Å². The number of para-hydroxylation sites is 1. The van der Waals surface area contributed by atoms with E-state index in [1.165, 1.54) is 0 Å². The third kappa shape index (κ3) is 3.97. The first-order valence-corrected chi connectivity index (χ1v) is 11.4. The van der Waals surface area contributed by atoms with E-state index in [2.05, 4.69) is 10.4 Å². The van der Waals surface area contributed by atoms with Crippen LogP contribution in [-0.4, -0.2) is 28.1 Å². The van der Waals surface area contributed by atoms with Gasteiger partial charge in [-0.1, -0.05) is 48.0 Å². The molecule has 1 aromatic heterocycles. The van der Waals surface area contributed by atoms with Crippen molar-refractivity contribution in [3.63, 3.8) is 0 Å². The molecule has 0 unspecified atom stereocenters. The van der Waals surface area contributed by atoms with Crippen LogP contribution in [0.2, 0.25) is 5.02 Å². The molecule has 0 atom stereocenters. The molecular formula is C27H23ClN4O2. The zero-order chi connectivity index (χ0) is 23.8. The van der Waals surface area contributed by atoms with Gasteiger partial charge in [-0.25, -0.2) is 0 Å². The summed E-state index contributed by atoms with van der Waals surface area (Å²) >= 11 is 6.55. The predicted octanol–water partition coefficient (Wildman–Crippen LogP) is 5.50. The van der Waals surface area contributed by atoms with Crippen LogP contribution in [0.25, 0.3) is 11.3 Å². The summed E-state index contributed by atoms with van der Waals surface area (Å²) in [6.45, 7) is 2.40. The second-order valence-corrected chi connectivity index (χ2v) is 8.77. The Bertz CT molecular complexity index is 1430. The number of aromatic nitrogens is 2. The van der Waals surface area contributed by atoms with Crippen LogP contribution >= 0.6 is 11.6 Å². The molecule has 3 aromatic carbocycles. The molecule has 0 saturated heterocycles. The van der Waals surface area contributed by atoms with Crippen molar-refractivity contribution in [1.82, 2.24) is 9.78 Å². The van der Waals surface area contributed by atoms with Crippen LogP contribution in [0.3, 0.4) is 0 Å². The minimum absolute atomic E-state index is 0.191.